The summed E-state index contributed by atoms with van der Waals surface area (Å²) in [7, 11) is 3.07. The lowest BCUT2D eigenvalue weighted by molar-refractivity contribution is -0.129. The van der Waals surface area contributed by atoms with Crippen molar-refractivity contribution in [3.8, 4) is 11.5 Å². The zero-order valence-electron chi connectivity index (χ0n) is 12.1. The summed E-state index contributed by atoms with van der Waals surface area (Å²) in [5, 5.41) is 0.440. The Balaban J connectivity index is 2.13. The number of carbonyl (C=O) groups excluding carboxylic acids is 1. The van der Waals surface area contributed by atoms with Crippen LogP contribution in [-0.2, 0) is 9.53 Å². The monoisotopic (exact) mass is 311 g/mol. The largest absolute Gasteiger partial charge is 0.493 e. The summed E-state index contributed by atoms with van der Waals surface area (Å²) in [4.78, 5) is 13.8. The summed E-state index contributed by atoms with van der Waals surface area (Å²) >= 11 is 6.13. The van der Waals surface area contributed by atoms with Crippen molar-refractivity contribution < 1.29 is 19.0 Å². The minimum atomic E-state index is -0.0378. The van der Waals surface area contributed by atoms with E-state index >= 15 is 0 Å². The number of methoxy groups -OCH3 is 2. The highest BCUT2D eigenvalue weighted by atomic mass is 35.5. The molecule has 1 aromatic rings. The lowest BCUT2D eigenvalue weighted by Gasteiger charge is -2.25. The third-order valence-corrected chi connectivity index (χ3v) is 3.48. The van der Waals surface area contributed by atoms with Crippen molar-refractivity contribution in [1.29, 1.82) is 0 Å². The molecule has 0 unspecified atom stereocenters. The lowest BCUT2D eigenvalue weighted by Crippen LogP contribution is -2.39. The fourth-order valence-corrected chi connectivity index (χ4v) is 2.39. The maximum atomic E-state index is 12.0. The molecule has 2 rings (SSSR count). The molecule has 6 heteroatoms. The molecular weight excluding hydrogens is 294 g/mol. The van der Waals surface area contributed by atoms with Gasteiger partial charge in [0.1, 0.15) is 0 Å². The van der Waals surface area contributed by atoms with Gasteiger partial charge in [0.05, 0.1) is 32.5 Å². The SMILES string of the molecule is COc1cc(/C=C/C(=O)N2CCOCC2)cc(Cl)c1OC. The molecule has 21 heavy (non-hydrogen) atoms. The van der Waals surface area contributed by atoms with E-state index in [0.717, 1.165) is 5.56 Å². The minimum absolute atomic E-state index is 0.0378. The number of carbonyl (C=O) groups is 1. The van der Waals surface area contributed by atoms with E-state index in [1.165, 1.54) is 13.2 Å². The topological polar surface area (TPSA) is 48.0 Å². The molecule has 1 aliphatic heterocycles. The van der Waals surface area contributed by atoms with Gasteiger partial charge >= 0.3 is 0 Å². The molecule has 114 valence electrons. The first kappa shape index (κ1) is 15.7. The van der Waals surface area contributed by atoms with Crippen LogP contribution >= 0.6 is 11.6 Å². The second-order valence-electron chi connectivity index (χ2n) is 4.51. The summed E-state index contributed by atoms with van der Waals surface area (Å²) in [6, 6.07) is 3.50. The van der Waals surface area contributed by atoms with E-state index in [9.17, 15) is 4.79 Å². The molecule has 1 aromatic carbocycles. The van der Waals surface area contributed by atoms with Crippen LogP contribution in [0.1, 0.15) is 5.56 Å². The van der Waals surface area contributed by atoms with Gasteiger partial charge in [-0.3, -0.25) is 4.79 Å². The van der Waals surface area contributed by atoms with Crippen molar-refractivity contribution in [1.82, 2.24) is 4.90 Å². The summed E-state index contributed by atoms with van der Waals surface area (Å²) in [6.07, 6.45) is 3.24. The van der Waals surface area contributed by atoms with Crippen LogP contribution in [0.4, 0.5) is 0 Å². The number of ether oxygens (including phenoxy) is 3. The molecule has 1 heterocycles. The molecule has 1 amide bonds. The minimum Gasteiger partial charge on any atom is -0.493 e. The Morgan fingerprint density at radius 3 is 2.62 bits per heavy atom. The fraction of sp³-hybridized carbons (Fsp3) is 0.400. The van der Waals surface area contributed by atoms with E-state index in [4.69, 9.17) is 25.8 Å². The fourth-order valence-electron chi connectivity index (χ4n) is 2.09. The quantitative estimate of drug-likeness (QED) is 0.800. The number of hydrogen-bond donors (Lipinski definition) is 0. The number of benzene rings is 1. The van der Waals surface area contributed by atoms with Crippen molar-refractivity contribution in [2.45, 2.75) is 0 Å². The normalized spacial score (nSPS) is 15.3. The van der Waals surface area contributed by atoms with Crippen molar-refractivity contribution in [3.05, 3.63) is 28.8 Å². The van der Waals surface area contributed by atoms with Crippen LogP contribution in [0.25, 0.3) is 6.08 Å². The molecule has 1 saturated heterocycles. The number of rotatable bonds is 4. The van der Waals surface area contributed by atoms with E-state index in [1.807, 2.05) is 0 Å². The molecule has 0 atom stereocenters. The molecule has 1 fully saturated rings. The molecule has 0 saturated carbocycles. The number of amides is 1. The summed E-state index contributed by atoms with van der Waals surface area (Å²) in [5.41, 5.74) is 0.777. The maximum Gasteiger partial charge on any atom is 0.246 e. The van der Waals surface area contributed by atoms with Gasteiger partial charge in [-0.15, -0.1) is 0 Å². The van der Waals surface area contributed by atoms with Crippen LogP contribution in [0.5, 0.6) is 11.5 Å². The Kier molecular flexibility index (Phi) is 5.47. The van der Waals surface area contributed by atoms with Gasteiger partial charge in [-0.05, 0) is 23.8 Å². The van der Waals surface area contributed by atoms with Crippen LogP contribution in [-0.4, -0.2) is 51.3 Å². The predicted molar refractivity (Wildman–Crippen MR) is 81.0 cm³/mol. The third-order valence-electron chi connectivity index (χ3n) is 3.20. The molecule has 0 aromatic heterocycles. The van der Waals surface area contributed by atoms with Crippen molar-refractivity contribution in [2.24, 2.45) is 0 Å². The smallest absolute Gasteiger partial charge is 0.246 e. The Bertz CT molecular complexity index is 539. The van der Waals surface area contributed by atoms with E-state index in [2.05, 4.69) is 0 Å². The highest BCUT2D eigenvalue weighted by Crippen LogP contribution is 2.36. The lowest BCUT2D eigenvalue weighted by atomic mass is 10.2. The average molecular weight is 312 g/mol. The first-order valence-electron chi connectivity index (χ1n) is 6.62. The van der Waals surface area contributed by atoms with Crippen LogP contribution in [0, 0.1) is 0 Å². The first-order chi connectivity index (χ1) is 10.2. The van der Waals surface area contributed by atoms with Gasteiger partial charge in [0.2, 0.25) is 5.91 Å². The van der Waals surface area contributed by atoms with Gasteiger partial charge in [0.25, 0.3) is 0 Å². The van der Waals surface area contributed by atoms with Crippen LogP contribution < -0.4 is 9.47 Å². The molecule has 5 nitrogen and oxygen atoms in total. The highest BCUT2D eigenvalue weighted by molar-refractivity contribution is 6.32. The van der Waals surface area contributed by atoms with Gasteiger partial charge in [-0.1, -0.05) is 11.6 Å². The van der Waals surface area contributed by atoms with Gasteiger partial charge in [0, 0.05) is 19.2 Å². The van der Waals surface area contributed by atoms with Crippen LogP contribution in [0.15, 0.2) is 18.2 Å². The van der Waals surface area contributed by atoms with Gasteiger partial charge in [0.15, 0.2) is 11.5 Å². The van der Waals surface area contributed by atoms with Crippen molar-refractivity contribution >= 4 is 23.6 Å². The second-order valence-corrected chi connectivity index (χ2v) is 4.92. The number of nitrogens with zero attached hydrogens (tertiary/aromatic N) is 1. The van der Waals surface area contributed by atoms with Crippen LogP contribution in [0.3, 0.4) is 0 Å². The molecule has 0 spiro atoms. The van der Waals surface area contributed by atoms with Crippen molar-refractivity contribution in [2.75, 3.05) is 40.5 Å². The number of hydrogen-bond acceptors (Lipinski definition) is 4. The molecule has 0 N–H and O–H groups in total. The second kappa shape index (κ2) is 7.33. The predicted octanol–water partition coefficient (Wildman–Crippen LogP) is 2.23. The summed E-state index contributed by atoms with van der Waals surface area (Å²) in [6.45, 7) is 2.41. The van der Waals surface area contributed by atoms with E-state index < -0.39 is 0 Å². The molecular formula is C15H18ClNO4. The van der Waals surface area contributed by atoms with E-state index in [1.54, 1.807) is 30.2 Å². The zero-order chi connectivity index (χ0) is 15.2. The highest BCUT2D eigenvalue weighted by Gasteiger charge is 2.14. The maximum absolute atomic E-state index is 12.0. The van der Waals surface area contributed by atoms with Crippen LogP contribution in [0.2, 0.25) is 5.02 Å². The Morgan fingerprint density at radius 2 is 2.00 bits per heavy atom. The third kappa shape index (κ3) is 3.89. The first-order valence-corrected chi connectivity index (χ1v) is 6.99. The number of morpholine rings is 1. The Morgan fingerprint density at radius 1 is 1.29 bits per heavy atom. The summed E-state index contributed by atoms with van der Waals surface area (Å²) < 4.78 is 15.6. The Hall–Kier alpha value is -1.72. The standard InChI is InChI=1S/C15H18ClNO4/c1-19-13-10-11(9-12(16)15(13)20-2)3-4-14(18)17-5-7-21-8-6-17/h3-4,9-10H,5-8H2,1-2H3/b4-3+. The molecule has 1 aliphatic rings. The average Bonchev–Trinajstić information content (AvgIpc) is 2.52. The zero-order valence-corrected chi connectivity index (χ0v) is 12.9. The van der Waals surface area contributed by atoms with Gasteiger partial charge in [-0.25, -0.2) is 0 Å². The van der Waals surface area contributed by atoms with E-state index in [0.29, 0.717) is 42.8 Å². The van der Waals surface area contributed by atoms with Gasteiger partial charge in [-0.2, -0.15) is 0 Å². The van der Waals surface area contributed by atoms with E-state index in [-0.39, 0.29) is 5.91 Å². The van der Waals surface area contributed by atoms with Crippen molar-refractivity contribution in [3.63, 3.8) is 0 Å². The summed E-state index contributed by atoms with van der Waals surface area (Å²) in [5.74, 6) is 0.975. The molecule has 0 bridgehead atoms. The number of halogens is 1. The molecule has 0 aliphatic carbocycles. The Labute approximate surface area is 129 Å². The molecule has 0 radical (unpaired) electrons. The van der Waals surface area contributed by atoms with Gasteiger partial charge < -0.3 is 19.1 Å².